The van der Waals surface area contributed by atoms with E-state index in [1.165, 1.54) is 24.3 Å². The fourth-order valence-electron chi connectivity index (χ4n) is 15.4. The fraction of sp³-hybridized carbons (Fsp3) is 0.720. The zero-order chi connectivity index (χ0) is 46.5. The molecule has 8 rings (SSSR count). The number of esters is 2. The number of halogens is 2. The number of Topliss-reactive ketones (excluding diaryl/α,β-unsaturated/α-hetero) is 2. The van der Waals surface area contributed by atoms with Crippen LogP contribution in [0.25, 0.3) is 0 Å². The number of fused-ring (bicyclic) bond motifs is 10. The lowest BCUT2D eigenvalue weighted by Crippen LogP contribution is -2.70. The Balaban J connectivity index is 0.000000196. The molecular formula is C50H66F2O11. The Bertz CT molecular complexity index is 2090. The molecule has 8 aliphatic rings. The van der Waals surface area contributed by atoms with Gasteiger partial charge in [-0.15, -0.1) is 0 Å². The molecule has 0 aromatic heterocycles. The van der Waals surface area contributed by atoms with Gasteiger partial charge in [0.25, 0.3) is 0 Å². The summed E-state index contributed by atoms with van der Waals surface area (Å²) in [5, 5.41) is 32.1. The maximum absolute atomic E-state index is 17.4. The molecular weight excluding hydrogens is 815 g/mol. The standard InChI is InChI=1S/C28H37FO7.C22H29FO4/c1-6-23(33)35-15-22(32)28(36-24(34)7-2)16(3)12-20-19-9-8-17-13-18(30)10-11-25(17,4)27(19,29)21(31)14-26(20,28)5;1-12-8-16-15-5-4-13-9-14(25)6-7-21(13,3)22(15,23)18(27)10-20(16,2)19(12)17(26)11-24/h10-11,13,16,19-21,31H,6-9,12,14-15H2,1-5H3;6-7,9,12,15-16,18-19,24,27H,4-5,8,10-11H2,1-3H3/t16-,19+,20+,21+,25+,26+,27+,28+;12-,15+,16+,18+,19-,20+,21+,22+/m11/s1. The van der Waals surface area contributed by atoms with Crippen molar-refractivity contribution in [2.75, 3.05) is 13.2 Å². The zero-order valence-corrected chi connectivity index (χ0v) is 38.0. The first-order valence-corrected chi connectivity index (χ1v) is 23.1. The van der Waals surface area contributed by atoms with Crippen LogP contribution in [0, 0.1) is 63.1 Å². The third-order valence-electron chi connectivity index (χ3n) is 18.3. The van der Waals surface area contributed by atoms with Crippen LogP contribution in [0.15, 0.2) is 47.6 Å². The van der Waals surface area contributed by atoms with Gasteiger partial charge in [-0.2, -0.15) is 0 Å². The fourth-order valence-corrected chi connectivity index (χ4v) is 15.4. The van der Waals surface area contributed by atoms with Crippen molar-refractivity contribution < 1.29 is 62.3 Å². The van der Waals surface area contributed by atoms with Crippen LogP contribution in [-0.4, -0.2) is 92.8 Å². The molecule has 8 aliphatic carbocycles. The molecule has 346 valence electrons. The molecule has 63 heavy (non-hydrogen) atoms. The van der Waals surface area contributed by atoms with Gasteiger partial charge in [0, 0.05) is 52.8 Å². The Hall–Kier alpha value is -3.68. The van der Waals surface area contributed by atoms with Crippen LogP contribution < -0.4 is 0 Å². The molecule has 6 fully saturated rings. The first-order valence-electron chi connectivity index (χ1n) is 23.1. The second-order valence-electron chi connectivity index (χ2n) is 21.1. The summed E-state index contributed by atoms with van der Waals surface area (Å²) in [7, 11) is 0. The van der Waals surface area contributed by atoms with Crippen LogP contribution in [0.4, 0.5) is 8.78 Å². The summed E-state index contributed by atoms with van der Waals surface area (Å²) in [6.45, 7) is 13.3. The van der Waals surface area contributed by atoms with Gasteiger partial charge in [0.05, 0.1) is 12.2 Å². The van der Waals surface area contributed by atoms with Crippen LogP contribution in [0.1, 0.15) is 120 Å². The number of ether oxygens (including phenoxy) is 2. The first-order chi connectivity index (χ1) is 29.4. The molecule has 0 unspecified atom stereocenters. The first kappa shape index (κ1) is 47.3. The Morgan fingerprint density at radius 2 is 1.25 bits per heavy atom. The Kier molecular flexibility index (Phi) is 12.0. The third-order valence-corrected chi connectivity index (χ3v) is 18.3. The van der Waals surface area contributed by atoms with Crippen molar-refractivity contribution in [1.82, 2.24) is 0 Å². The Labute approximate surface area is 369 Å². The van der Waals surface area contributed by atoms with Gasteiger partial charge >= 0.3 is 11.9 Å². The number of allylic oxidation sites excluding steroid dienone is 8. The van der Waals surface area contributed by atoms with Crippen LogP contribution in [0.5, 0.6) is 0 Å². The second-order valence-corrected chi connectivity index (χ2v) is 21.1. The van der Waals surface area contributed by atoms with Crippen molar-refractivity contribution in [2.24, 2.45) is 63.1 Å². The van der Waals surface area contributed by atoms with Crippen LogP contribution >= 0.6 is 0 Å². The quantitative estimate of drug-likeness (QED) is 0.224. The number of carbonyl (C=O) groups is 6. The average molecular weight is 881 g/mol. The van der Waals surface area contributed by atoms with E-state index in [2.05, 4.69) is 0 Å². The minimum absolute atomic E-state index is 0.0224. The third kappa shape index (κ3) is 6.45. The number of alkyl halides is 2. The van der Waals surface area contributed by atoms with Crippen LogP contribution in [0.2, 0.25) is 0 Å². The second kappa shape index (κ2) is 16.0. The van der Waals surface area contributed by atoms with Crippen molar-refractivity contribution in [2.45, 2.75) is 149 Å². The Morgan fingerprint density at radius 3 is 1.76 bits per heavy atom. The summed E-state index contributed by atoms with van der Waals surface area (Å²) in [6.07, 6.45) is 9.85. The van der Waals surface area contributed by atoms with Gasteiger partial charge in [0.1, 0.15) is 6.61 Å². The minimum Gasteiger partial charge on any atom is -0.457 e. The van der Waals surface area contributed by atoms with Gasteiger partial charge in [-0.3, -0.25) is 28.8 Å². The summed E-state index contributed by atoms with van der Waals surface area (Å²) in [5.74, 6) is -4.31. The molecule has 6 saturated carbocycles. The van der Waals surface area contributed by atoms with Gasteiger partial charge in [-0.1, -0.05) is 64.8 Å². The highest BCUT2D eigenvalue weighted by atomic mass is 19.1. The SMILES string of the molecule is CCC(=O)OCC(=O)[C@@]1(OC(=O)CC)[C@H](C)C[C@H]2[C@@H]3CCC4=CC(=O)C=C[C@]4(C)[C@@]3(F)[C@@H](O)C[C@@]21C.C[C@@H]1C[C@H]2[C@@H]3CCC4=CC(=O)C=C[C@]4(C)[C@@]3(F)[C@@H](O)C[C@]2(C)[C@H]1C(=O)CO. The topological polar surface area (TPSA) is 182 Å². The summed E-state index contributed by atoms with van der Waals surface area (Å²) < 4.78 is 45.3. The maximum atomic E-state index is 17.4. The van der Waals surface area contributed by atoms with Crippen molar-refractivity contribution in [1.29, 1.82) is 0 Å². The molecule has 0 aromatic rings. The van der Waals surface area contributed by atoms with Gasteiger partial charge in [-0.25, -0.2) is 8.78 Å². The van der Waals surface area contributed by atoms with Crippen molar-refractivity contribution in [3.05, 3.63) is 47.6 Å². The predicted molar refractivity (Wildman–Crippen MR) is 227 cm³/mol. The summed E-state index contributed by atoms with van der Waals surface area (Å²) in [5.41, 5.74) is -7.85. The van der Waals surface area contributed by atoms with E-state index in [9.17, 15) is 44.1 Å². The van der Waals surface area contributed by atoms with Crippen molar-refractivity contribution >= 4 is 35.1 Å². The molecule has 3 N–H and O–H groups in total. The molecule has 0 radical (unpaired) electrons. The molecule has 11 nitrogen and oxygen atoms in total. The van der Waals surface area contributed by atoms with Crippen LogP contribution in [-0.2, 0) is 38.2 Å². The predicted octanol–water partition coefficient (Wildman–Crippen LogP) is 6.60. The highest BCUT2D eigenvalue weighted by molar-refractivity contribution is 6.02. The lowest BCUT2D eigenvalue weighted by molar-refractivity contribution is -0.228. The van der Waals surface area contributed by atoms with Crippen molar-refractivity contribution in [3.8, 4) is 0 Å². The number of aliphatic hydroxyl groups is 3. The van der Waals surface area contributed by atoms with Gasteiger partial charge < -0.3 is 24.8 Å². The molecule has 0 amide bonds. The van der Waals surface area contributed by atoms with E-state index in [4.69, 9.17) is 9.47 Å². The van der Waals surface area contributed by atoms with Gasteiger partial charge in [0.2, 0.25) is 5.78 Å². The Morgan fingerprint density at radius 1 is 0.746 bits per heavy atom. The number of hydrogen-bond donors (Lipinski definition) is 3. The van der Waals surface area contributed by atoms with E-state index >= 15 is 8.78 Å². The summed E-state index contributed by atoms with van der Waals surface area (Å²) >= 11 is 0. The highest BCUT2D eigenvalue weighted by Gasteiger charge is 2.77. The van der Waals surface area contributed by atoms with E-state index in [1.54, 1.807) is 46.8 Å². The zero-order valence-electron chi connectivity index (χ0n) is 38.0. The molecule has 0 heterocycles. The lowest BCUT2D eigenvalue weighted by atomic mass is 9.44. The van der Waals surface area contributed by atoms with Gasteiger partial charge in [0.15, 0.2) is 40.9 Å². The molecule has 0 aliphatic heterocycles. The molecule has 0 saturated heterocycles. The van der Waals surface area contributed by atoms with E-state index in [1.807, 2.05) is 20.8 Å². The van der Waals surface area contributed by atoms with E-state index in [0.717, 1.165) is 12.0 Å². The number of aliphatic hydroxyl groups excluding tert-OH is 3. The molecule has 0 spiro atoms. The normalized spacial score (nSPS) is 46.6. The highest BCUT2D eigenvalue weighted by Crippen LogP contribution is 2.72. The number of rotatable bonds is 8. The maximum Gasteiger partial charge on any atom is 0.306 e. The molecule has 13 heteroatoms. The number of ketones is 4. The summed E-state index contributed by atoms with van der Waals surface area (Å²) in [4.78, 5) is 74.6. The average Bonchev–Trinajstić information content (AvgIpc) is 3.62. The van der Waals surface area contributed by atoms with Crippen LogP contribution in [0.3, 0.4) is 0 Å². The molecule has 16 atom stereocenters. The van der Waals surface area contributed by atoms with E-state index in [-0.39, 0.29) is 72.6 Å². The van der Waals surface area contributed by atoms with Crippen molar-refractivity contribution in [3.63, 3.8) is 0 Å². The molecule has 0 bridgehead atoms. The van der Waals surface area contributed by atoms with E-state index < -0.39 is 93.6 Å². The lowest BCUT2D eigenvalue weighted by Gasteiger charge is -2.62. The largest absolute Gasteiger partial charge is 0.457 e. The minimum atomic E-state index is -2.05. The number of hydrogen-bond acceptors (Lipinski definition) is 11. The monoisotopic (exact) mass is 880 g/mol. The summed E-state index contributed by atoms with van der Waals surface area (Å²) in [6, 6.07) is 0. The van der Waals surface area contributed by atoms with Gasteiger partial charge in [-0.05, 0) is 113 Å². The smallest absolute Gasteiger partial charge is 0.306 e. The molecule has 0 aromatic carbocycles. The van der Waals surface area contributed by atoms with E-state index in [0.29, 0.717) is 37.7 Å². The number of carbonyl (C=O) groups excluding carboxylic acids is 6.